The predicted molar refractivity (Wildman–Crippen MR) is 80.0 cm³/mol. The molecule has 0 fully saturated rings. The van der Waals surface area contributed by atoms with E-state index in [1.54, 1.807) is 12.4 Å². The lowest BCUT2D eigenvalue weighted by Gasteiger charge is -2.07. The molecule has 20 heavy (non-hydrogen) atoms. The molecule has 0 saturated carbocycles. The largest absolute Gasteiger partial charge is 0.399 e. The quantitative estimate of drug-likeness (QED) is 0.818. The van der Waals surface area contributed by atoms with Crippen LogP contribution in [0.15, 0.2) is 42.7 Å². The fourth-order valence-electron chi connectivity index (χ4n) is 1.91. The summed E-state index contributed by atoms with van der Waals surface area (Å²) in [5.41, 5.74) is 9.67. The minimum absolute atomic E-state index is 0.0464. The van der Waals surface area contributed by atoms with Gasteiger partial charge in [0.1, 0.15) is 0 Å². The van der Waals surface area contributed by atoms with E-state index < -0.39 is 0 Å². The van der Waals surface area contributed by atoms with Gasteiger partial charge in [-0.05, 0) is 48.2 Å². The molecule has 3 N–H and O–H groups in total. The summed E-state index contributed by atoms with van der Waals surface area (Å²) >= 11 is 0. The molecule has 1 heterocycles. The summed E-state index contributed by atoms with van der Waals surface area (Å²) in [6.45, 7) is 2.54. The molecule has 0 unspecified atom stereocenters. The zero-order valence-electron chi connectivity index (χ0n) is 11.6. The second-order valence-corrected chi connectivity index (χ2v) is 4.82. The molecule has 0 aliphatic rings. The molecule has 1 aromatic heterocycles. The van der Waals surface area contributed by atoms with Crippen molar-refractivity contribution >= 4 is 11.6 Å². The number of aromatic nitrogens is 1. The number of pyridine rings is 1. The highest BCUT2D eigenvalue weighted by Gasteiger charge is 2.04. The third kappa shape index (κ3) is 4.09. The summed E-state index contributed by atoms with van der Waals surface area (Å²) in [5, 5.41) is 2.92. The zero-order chi connectivity index (χ0) is 14.4. The Bertz CT molecular complexity index is 579. The first-order valence-corrected chi connectivity index (χ1v) is 6.66. The number of carbonyl (C=O) groups is 1. The normalized spacial score (nSPS) is 10.2. The Morgan fingerprint density at radius 3 is 2.70 bits per heavy atom. The summed E-state index contributed by atoms with van der Waals surface area (Å²) < 4.78 is 0. The minimum atomic E-state index is 0.0464. The number of nitrogens with zero attached hydrogens (tertiary/aromatic N) is 1. The second-order valence-electron chi connectivity index (χ2n) is 4.82. The lowest BCUT2D eigenvalue weighted by atomic mass is 10.1. The summed E-state index contributed by atoms with van der Waals surface area (Å²) in [5.74, 6) is 0.0464. The maximum atomic E-state index is 11.8. The minimum Gasteiger partial charge on any atom is -0.399 e. The first kappa shape index (κ1) is 14.1. The Kier molecular flexibility index (Phi) is 4.71. The van der Waals surface area contributed by atoms with Crippen LogP contribution in [-0.4, -0.2) is 10.9 Å². The van der Waals surface area contributed by atoms with Gasteiger partial charge in [0.05, 0.1) is 0 Å². The van der Waals surface area contributed by atoms with E-state index in [0.717, 1.165) is 28.8 Å². The van der Waals surface area contributed by atoms with Gasteiger partial charge in [-0.1, -0.05) is 12.1 Å². The number of nitrogen functional groups attached to an aromatic ring is 1. The van der Waals surface area contributed by atoms with Crippen molar-refractivity contribution in [3.63, 3.8) is 0 Å². The molecule has 0 radical (unpaired) electrons. The fourth-order valence-corrected chi connectivity index (χ4v) is 1.91. The number of amides is 1. The van der Waals surface area contributed by atoms with Gasteiger partial charge in [-0.2, -0.15) is 0 Å². The van der Waals surface area contributed by atoms with E-state index in [9.17, 15) is 4.79 Å². The first-order valence-electron chi connectivity index (χ1n) is 6.66. The number of nitrogens with two attached hydrogens (primary N) is 1. The van der Waals surface area contributed by atoms with Gasteiger partial charge in [0, 0.05) is 31.0 Å². The topological polar surface area (TPSA) is 68.0 Å². The monoisotopic (exact) mass is 269 g/mol. The average Bonchev–Trinajstić information content (AvgIpc) is 2.46. The predicted octanol–water partition coefficient (Wildman–Crippen LogP) is 2.22. The van der Waals surface area contributed by atoms with Crippen LogP contribution < -0.4 is 11.1 Å². The van der Waals surface area contributed by atoms with Gasteiger partial charge in [-0.15, -0.1) is 0 Å². The Balaban J connectivity index is 1.78. The maximum absolute atomic E-state index is 11.8. The van der Waals surface area contributed by atoms with Crippen LogP contribution in [0.5, 0.6) is 0 Å². The molecular weight excluding hydrogens is 250 g/mol. The number of rotatable bonds is 5. The second kappa shape index (κ2) is 6.70. The molecule has 0 aliphatic heterocycles. The van der Waals surface area contributed by atoms with Crippen molar-refractivity contribution in [3.05, 3.63) is 59.4 Å². The Morgan fingerprint density at radius 2 is 2.00 bits per heavy atom. The van der Waals surface area contributed by atoms with E-state index in [-0.39, 0.29) is 5.91 Å². The van der Waals surface area contributed by atoms with Crippen molar-refractivity contribution in [1.82, 2.24) is 10.3 Å². The van der Waals surface area contributed by atoms with Gasteiger partial charge >= 0.3 is 0 Å². The number of anilines is 1. The molecule has 0 bridgehead atoms. The number of nitrogens with one attached hydrogen (secondary N) is 1. The van der Waals surface area contributed by atoms with Gasteiger partial charge in [-0.3, -0.25) is 9.78 Å². The van der Waals surface area contributed by atoms with E-state index in [4.69, 9.17) is 5.73 Å². The molecule has 1 amide bonds. The van der Waals surface area contributed by atoms with Crippen LogP contribution in [0.2, 0.25) is 0 Å². The Hall–Kier alpha value is -2.36. The van der Waals surface area contributed by atoms with Crippen LogP contribution in [0.4, 0.5) is 5.69 Å². The van der Waals surface area contributed by atoms with Gasteiger partial charge in [-0.25, -0.2) is 0 Å². The third-order valence-corrected chi connectivity index (χ3v) is 3.24. The first-order chi connectivity index (χ1) is 9.65. The number of hydrogen-bond acceptors (Lipinski definition) is 3. The van der Waals surface area contributed by atoms with E-state index in [1.165, 1.54) is 0 Å². The molecule has 2 aromatic rings. The standard InChI is InChI=1S/C16H19N3O/c1-12-8-9-18-10-14(12)11-19-16(20)7-4-13-2-5-15(17)6-3-13/h2-3,5-6,8-10H,4,7,11,17H2,1H3,(H,19,20). The van der Waals surface area contributed by atoms with E-state index >= 15 is 0 Å². The smallest absolute Gasteiger partial charge is 0.220 e. The average molecular weight is 269 g/mol. The number of aryl methyl sites for hydroxylation is 2. The van der Waals surface area contributed by atoms with Crippen molar-refractivity contribution < 1.29 is 4.79 Å². The summed E-state index contributed by atoms with van der Waals surface area (Å²) in [4.78, 5) is 15.9. The molecule has 0 spiro atoms. The van der Waals surface area contributed by atoms with E-state index in [1.807, 2.05) is 37.3 Å². The SMILES string of the molecule is Cc1ccncc1CNC(=O)CCc1ccc(N)cc1. The van der Waals surface area contributed by atoms with Gasteiger partial charge in [0.2, 0.25) is 5.91 Å². The highest BCUT2D eigenvalue weighted by Crippen LogP contribution is 2.08. The molecule has 0 atom stereocenters. The Morgan fingerprint density at radius 1 is 1.25 bits per heavy atom. The van der Waals surface area contributed by atoms with Crippen molar-refractivity contribution in [2.75, 3.05) is 5.73 Å². The highest BCUT2D eigenvalue weighted by molar-refractivity contribution is 5.76. The van der Waals surface area contributed by atoms with Crippen LogP contribution in [0.1, 0.15) is 23.1 Å². The highest BCUT2D eigenvalue weighted by atomic mass is 16.1. The lowest BCUT2D eigenvalue weighted by Crippen LogP contribution is -2.23. The van der Waals surface area contributed by atoms with Crippen LogP contribution in [-0.2, 0) is 17.8 Å². The molecule has 0 saturated heterocycles. The molecule has 1 aromatic carbocycles. The third-order valence-electron chi connectivity index (χ3n) is 3.24. The van der Waals surface area contributed by atoms with E-state index in [0.29, 0.717) is 13.0 Å². The molecule has 0 aliphatic carbocycles. The number of hydrogen-bond donors (Lipinski definition) is 2. The summed E-state index contributed by atoms with van der Waals surface area (Å²) in [6.07, 6.45) is 4.73. The van der Waals surface area contributed by atoms with Crippen molar-refractivity contribution in [2.45, 2.75) is 26.3 Å². The van der Waals surface area contributed by atoms with Crippen LogP contribution in [0.25, 0.3) is 0 Å². The van der Waals surface area contributed by atoms with Crippen molar-refractivity contribution in [3.8, 4) is 0 Å². The fraction of sp³-hybridized carbons (Fsp3) is 0.250. The van der Waals surface area contributed by atoms with Crippen LogP contribution >= 0.6 is 0 Å². The number of carbonyl (C=O) groups excluding carboxylic acids is 1. The van der Waals surface area contributed by atoms with Gasteiger partial charge < -0.3 is 11.1 Å². The van der Waals surface area contributed by atoms with Gasteiger partial charge in [0.15, 0.2) is 0 Å². The van der Waals surface area contributed by atoms with E-state index in [2.05, 4.69) is 10.3 Å². The summed E-state index contributed by atoms with van der Waals surface area (Å²) in [7, 11) is 0. The number of benzene rings is 1. The molecule has 104 valence electrons. The van der Waals surface area contributed by atoms with Gasteiger partial charge in [0.25, 0.3) is 0 Å². The maximum Gasteiger partial charge on any atom is 0.220 e. The van der Waals surface area contributed by atoms with Crippen LogP contribution in [0, 0.1) is 6.92 Å². The van der Waals surface area contributed by atoms with Crippen molar-refractivity contribution in [1.29, 1.82) is 0 Å². The van der Waals surface area contributed by atoms with Crippen LogP contribution in [0.3, 0.4) is 0 Å². The lowest BCUT2D eigenvalue weighted by molar-refractivity contribution is -0.121. The molecule has 4 heteroatoms. The molecule has 4 nitrogen and oxygen atoms in total. The Labute approximate surface area is 119 Å². The summed E-state index contributed by atoms with van der Waals surface area (Å²) in [6, 6.07) is 9.55. The molecule has 2 rings (SSSR count). The molecular formula is C16H19N3O. The van der Waals surface area contributed by atoms with Crippen molar-refractivity contribution in [2.24, 2.45) is 0 Å². The zero-order valence-corrected chi connectivity index (χ0v) is 11.6.